The SMILES string of the molecule is CNC(C)Cc1noc(-c2cc(C3CC3)nc3onc(C)c23)n1. The Bertz CT molecular complexity index is 849. The topological polar surface area (TPSA) is 89.9 Å². The number of aryl methyl sites for hydroxylation is 1. The molecule has 0 amide bonds. The second kappa shape index (κ2) is 5.42. The van der Waals surface area contributed by atoms with E-state index in [9.17, 15) is 0 Å². The average molecular weight is 313 g/mol. The van der Waals surface area contributed by atoms with Crippen LogP contribution >= 0.6 is 0 Å². The Hall–Kier alpha value is -2.28. The first-order valence-corrected chi connectivity index (χ1v) is 7.93. The number of pyridine rings is 1. The third-order valence-corrected chi connectivity index (χ3v) is 4.31. The van der Waals surface area contributed by atoms with Gasteiger partial charge in [-0.3, -0.25) is 0 Å². The van der Waals surface area contributed by atoms with Gasteiger partial charge < -0.3 is 14.4 Å². The largest absolute Gasteiger partial charge is 0.336 e. The molecular weight excluding hydrogens is 294 g/mol. The van der Waals surface area contributed by atoms with Crippen LogP contribution in [0.2, 0.25) is 0 Å². The van der Waals surface area contributed by atoms with Crippen LogP contribution in [0.15, 0.2) is 15.1 Å². The summed E-state index contributed by atoms with van der Waals surface area (Å²) in [5.74, 6) is 1.70. The van der Waals surface area contributed by atoms with Crippen molar-refractivity contribution < 1.29 is 9.05 Å². The maximum Gasteiger partial charge on any atom is 0.259 e. The molecule has 7 heteroatoms. The van der Waals surface area contributed by atoms with E-state index < -0.39 is 0 Å². The minimum absolute atomic E-state index is 0.289. The molecule has 1 unspecified atom stereocenters. The van der Waals surface area contributed by atoms with E-state index in [0.29, 0.717) is 29.8 Å². The summed E-state index contributed by atoms with van der Waals surface area (Å²) in [4.78, 5) is 9.13. The second-order valence-electron chi connectivity index (χ2n) is 6.23. The van der Waals surface area contributed by atoms with Gasteiger partial charge in [-0.25, -0.2) is 4.98 Å². The molecular formula is C16H19N5O2. The number of nitrogens with one attached hydrogen (secondary N) is 1. The summed E-state index contributed by atoms with van der Waals surface area (Å²) in [7, 11) is 1.92. The molecule has 23 heavy (non-hydrogen) atoms. The fourth-order valence-electron chi connectivity index (χ4n) is 2.69. The quantitative estimate of drug-likeness (QED) is 0.774. The first kappa shape index (κ1) is 14.3. The molecule has 1 saturated carbocycles. The van der Waals surface area contributed by atoms with Crippen molar-refractivity contribution in [3.63, 3.8) is 0 Å². The van der Waals surface area contributed by atoms with E-state index in [4.69, 9.17) is 9.05 Å². The maximum atomic E-state index is 5.50. The molecule has 1 aliphatic rings. The van der Waals surface area contributed by atoms with Crippen LogP contribution in [0.5, 0.6) is 0 Å². The first-order valence-electron chi connectivity index (χ1n) is 7.93. The van der Waals surface area contributed by atoms with Gasteiger partial charge in [0.1, 0.15) is 0 Å². The van der Waals surface area contributed by atoms with Crippen LogP contribution in [0.3, 0.4) is 0 Å². The molecule has 3 aromatic rings. The van der Waals surface area contributed by atoms with Crippen LogP contribution in [-0.4, -0.2) is 33.4 Å². The lowest BCUT2D eigenvalue weighted by Gasteiger charge is -2.04. The minimum atomic E-state index is 0.289. The zero-order valence-corrected chi connectivity index (χ0v) is 13.5. The van der Waals surface area contributed by atoms with Crippen LogP contribution in [0.25, 0.3) is 22.6 Å². The lowest BCUT2D eigenvalue weighted by atomic mass is 10.1. The summed E-state index contributed by atoms with van der Waals surface area (Å²) in [6.07, 6.45) is 3.05. The molecule has 1 atom stereocenters. The van der Waals surface area contributed by atoms with E-state index in [1.807, 2.05) is 20.0 Å². The molecule has 1 fully saturated rings. The second-order valence-corrected chi connectivity index (χ2v) is 6.23. The lowest BCUT2D eigenvalue weighted by molar-refractivity contribution is 0.418. The number of aromatic nitrogens is 4. The van der Waals surface area contributed by atoms with Gasteiger partial charge in [-0.15, -0.1) is 0 Å². The zero-order valence-electron chi connectivity index (χ0n) is 13.5. The van der Waals surface area contributed by atoms with E-state index in [-0.39, 0.29) is 6.04 Å². The van der Waals surface area contributed by atoms with E-state index in [2.05, 4.69) is 32.5 Å². The molecule has 0 spiro atoms. The van der Waals surface area contributed by atoms with Crippen molar-refractivity contribution in [1.82, 2.24) is 25.6 Å². The molecule has 0 saturated heterocycles. The smallest absolute Gasteiger partial charge is 0.259 e. The number of likely N-dealkylation sites (N-methyl/N-ethyl adjacent to an activating group) is 1. The summed E-state index contributed by atoms with van der Waals surface area (Å²) in [6, 6.07) is 2.33. The van der Waals surface area contributed by atoms with Crippen LogP contribution in [-0.2, 0) is 6.42 Å². The molecule has 3 aromatic heterocycles. The van der Waals surface area contributed by atoms with Crippen molar-refractivity contribution in [1.29, 1.82) is 0 Å². The Morgan fingerprint density at radius 1 is 1.26 bits per heavy atom. The maximum absolute atomic E-state index is 5.50. The highest BCUT2D eigenvalue weighted by atomic mass is 16.5. The highest BCUT2D eigenvalue weighted by molar-refractivity contribution is 5.91. The molecule has 1 aliphatic carbocycles. The molecule has 1 N–H and O–H groups in total. The van der Waals surface area contributed by atoms with Gasteiger partial charge in [-0.1, -0.05) is 10.3 Å². The number of fused-ring (bicyclic) bond motifs is 1. The van der Waals surface area contributed by atoms with Gasteiger partial charge in [-0.2, -0.15) is 4.98 Å². The van der Waals surface area contributed by atoms with Crippen LogP contribution in [0.4, 0.5) is 0 Å². The van der Waals surface area contributed by atoms with E-state index >= 15 is 0 Å². The molecule has 0 bridgehead atoms. The van der Waals surface area contributed by atoms with Crippen molar-refractivity contribution in [3.05, 3.63) is 23.3 Å². The lowest BCUT2D eigenvalue weighted by Crippen LogP contribution is -2.24. The summed E-state index contributed by atoms with van der Waals surface area (Å²) < 4.78 is 10.9. The highest BCUT2D eigenvalue weighted by Crippen LogP contribution is 2.42. The van der Waals surface area contributed by atoms with Gasteiger partial charge in [0.05, 0.1) is 16.6 Å². The van der Waals surface area contributed by atoms with Crippen molar-refractivity contribution in [2.24, 2.45) is 0 Å². The molecule has 7 nitrogen and oxygen atoms in total. The van der Waals surface area contributed by atoms with Gasteiger partial charge in [0.2, 0.25) is 0 Å². The van der Waals surface area contributed by atoms with Crippen LogP contribution in [0.1, 0.15) is 42.9 Å². The predicted molar refractivity (Wildman–Crippen MR) is 84.0 cm³/mol. The Morgan fingerprint density at radius 2 is 2.09 bits per heavy atom. The summed E-state index contributed by atoms with van der Waals surface area (Å²) in [5.41, 5.74) is 3.22. The van der Waals surface area contributed by atoms with E-state index in [1.165, 1.54) is 12.8 Å². The number of rotatable bonds is 5. The molecule has 0 aliphatic heterocycles. The Labute approximate surface area is 133 Å². The molecule has 0 radical (unpaired) electrons. The van der Waals surface area contributed by atoms with Gasteiger partial charge in [0.25, 0.3) is 11.6 Å². The number of hydrogen-bond acceptors (Lipinski definition) is 7. The van der Waals surface area contributed by atoms with Crippen molar-refractivity contribution in [2.75, 3.05) is 7.05 Å². The standard InChI is InChI=1S/C16H19N5O2/c1-8(17-3)6-13-19-15(22-21-13)11-7-12(10-4-5-10)18-16-14(11)9(2)20-23-16/h7-8,10,17H,4-6H2,1-3H3. The Balaban J connectivity index is 1.79. The van der Waals surface area contributed by atoms with Gasteiger partial charge >= 0.3 is 0 Å². The third-order valence-electron chi connectivity index (χ3n) is 4.31. The monoisotopic (exact) mass is 313 g/mol. The zero-order chi connectivity index (χ0) is 16.0. The normalized spacial score (nSPS) is 16.1. The predicted octanol–water partition coefficient (Wildman–Crippen LogP) is 2.61. The van der Waals surface area contributed by atoms with Crippen LogP contribution < -0.4 is 5.32 Å². The Morgan fingerprint density at radius 3 is 2.83 bits per heavy atom. The van der Waals surface area contributed by atoms with Crippen LogP contribution in [0, 0.1) is 6.92 Å². The van der Waals surface area contributed by atoms with E-state index in [0.717, 1.165) is 22.3 Å². The molecule has 4 rings (SSSR count). The summed E-state index contributed by atoms with van der Waals surface area (Å²) >= 11 is 0. The van der Waals surface area contributed by atoms with Gasteiger partial charge in [0.15, 0.2) is 5.82 Å². The van der Waals surface area contributed by atoms with Crippen molar-refractivity contribution in [2.45, 2.75) is 45.1 Å². The average Bonchev–Trinajstić information content (AvgIpc) is 3.20. The summed E-state index contributed by atoms with van der Waals surface area (Å²) in [6.45, 7) is 3.98. The van der Waals surface area contributed by atoms with Gasteiger partial charge in [0, 0.05) is 24.1 Å². The van der Waals surface area contributed by atoms with Gasteiger partial charge in [-0.05, 0) is 39.8 Å². The number of hydrogen-bond donors (Lipinski definition) is 1. The van der Waals surface area contributed by atoms with E-state index in [1.54, 1.807) is 0 Å². The molecule has 0 aromatic carbocycles. The van der Waals surface area contributed by atoms with Crippen molar-refractivity contribution in [3.8, 4) is 11.5 Å². The highest BCUT2D eigenvalue weighted by Gasteiger charge is 2.28. The van der Waals surface area contributed by atoms with Crippen molar-refractivity contribution >= 4 is 11.1 Å². The minimum Gasteiger partial charge on any atom is -0.336 e. The molecule has 120 valence electrons. The fraction of sp³-hybridized carbons (Fsp3) is 0.500. The Kier molecular flexibility index (Phi) is 3.37. The fourth-order valence-corrected chi connectivity index (χ4v) is 2.69. The molecule has 3 heterocycles. The summed E-state index contributed by atoms with van der Waals surface area (Å²) in [5, 5.41) is 12.2. The number of nitrogens with zero attached hydrogens (tertiary/aromatic N) is 4. The third kappa shape index (κ3) is 2.61. The first-order chi connectivity index (χ1) is 11.2.